The molecule has 1 N–H and O–H groups in total. The molecular formula is C13H18O3. The summed E-state index contributed by atoms with van der Waals surface area (Å²) in [6.45, 7) is 2.56. The molecule has 88 valence electrons. The first-order chi connectivity index (χ1) is 7.72. The van der Waals surface area contributed by atoms with Crippen LogP contribution in [0.1, 0.15) is 30.6 Å². The Balaban J connectivity index is 2.16. The van der Waals surface area contributed by atoms with E-state index >= 15 is 0 Å². The highest BCUT2D eigenvalue weighted by molar-refractivity contribution is 5.44. The standard InChI is InChI=1S/C13H18O3/c1-9(8-15-2)16-13-5-3-4-10-11(13)6-7-12(10)14/h3-5,9,12,14H,6-8H2,1-2H3. The summed E-state index contributed by atoms with van der Waals surface area (Å²) >= 11 is 0. The zero-order chi connectivity index (χ0) is 11.5. The van der Waals surface area contributed by atoms with Crippen molar-refractivity contribution in [1.82, 2.24) is 0 Å². The van der Waals surface area contributed by atoms with Gasteiger partial charge in [0.25, 0.3) is 0 Å². The second-order valence-corrected chi connectivity index (χ2v) is 4.26. The minimum atomic E-state index is -0.323. The van der Waals surface area contributed by atoms with E-state index in [-0.39, 0.29) is 12.2 Å². The Labute approximate surface area is 96.0 Å². The van der Waals surface area contributed by atoms with Gasteiger partial charge >= 0.3 is 0 Å². The predicted octanol–water partition coefficient (Wildman–Crippen LogP) is 2.08. The van der Waals surface area contributed by atoms with Crippen LogP contribution in [0.3, 0.4) is 0 Å². The average molecular weight is 222 g/mol. The number of hydrogen-bond donors (Lipinski definition) is 1. The van der Waals surface area contributed by atoms with Gasteiger partial charge in [-0.05, 0) is 31.4 Å². The van der Waals surface area contributed by atoms with E-state index in [1.807, 2.05) is 25.1 Å². The maximum atomic E-state index is 9.76. The third-order valence-corrected chi connectivity index (χ3v) is 2.93. The number of methoxy groups -OCH3 is 1. The lowest BCUT2D eigenvalue weighted by Gasteiger charge is -2.16. The number of aliphatic hydroxyl groups excluding tert-OH is 1. The molecule has 0 radical (unpaired) electrons. The molecule has 0 aliphatic heterocycles. The summed E-state index contributed by atoms with van der Waals surface area (Å²) in [5, 5.41) is 9.76. The molecule has 1 aliphatic carbocycles. The quantitative estimate of drug-likeness (QED) is 0.847. The maximum Gasteiger partial charge on any atom is 0.123 e. The Morgan fingerprint density at radius 3 is 3.06 bits per heavy atom. The third-order valence-electron chi connectivity index (χ3n) is 2.93. The average Bonchev–Trinajstić information content (AvgIpc) is 2.62. The SMILES string of the molecule is COCC(C)Oc1cccc2c1CCC2O. The predicted molar refractivity (Wildman–Crippen MR) is 61.7 cm³/mol. The monoisotopic (exact) mass is 222 g/mol. The topological polar surface area (TPSA) is 38.7 Å². The van der Waals surface area contributed by atoms with E-state index in [1.54, 1.807) is 7.11 Å². The number of benzene rings is 1. The van der Waals surface area contributed by atoms with Crippen LogP contribution in [-0.4, -0.2) is 24.9 Å². The first kappa shape index (κ1) is 11.4. The lowest BCUT2D eigenvalue weighted by molar-refractivity contribution is 0.0914. The molecule has 16 heavy (non-hydrogen) atoms. The highest BCUT2D eigenvalue weighted by atomic mass is 16.5. The summed E-state index contributed by atoms with van der Waals surface area (Å²) in [5.41, 5.74) is 2.17. The Bertz CT molecular complexity index is 362. The molecule has 0 saturated carbocycles. The van der Waals surface area contributed by atoms with Gasteiger partial charge in [0.1, 0.15) is 11.9 Å². The number of hydrogen-bond acceptors (Lipinski definition) is 3. The van der Waals surface area contributed by atoms with E-state index in [4.69, 9.17) is 9.47 Å². The highest BCUT2D eigenvalue weighted by Gasteiger charge is 2.23. The summed E-state index contributed by atoms with van der Waals surface area (Å²) in [6, 6.07) is 5.87. The summed E-state index contributed by atoms with van der Waals surface area (Å²) in [4.78, 5) is 0. The van der Waals surface area contributed by atoms with E-state index in [0.717, 1.165) is 29.7 Å². The maximum absolute atomic E-state index is 9.76. The van der Waals surface area contributed by atoms with Gasteiger partial charge in [0.05, 0.1) is 12.7 Å². The Kier molecular flexibility index (Phi) is 3.46. The molecule has 0 fully saturated rings. The Morgan fingerprint density at radius 1 is 1.50 bits per heavy atom. The molecule has 0 saturated heterocycles. The molecule has 1 aliphatic rings. The Morgan fingerprint density at radius 2 is 2.31 bits per heavy atom. The van der Waals surface area contributed by atoms with Gasteiger partial charge < -0.3 is 14.6 Å². The molecule has 0 aromatic heterocycles. The summed E-state index contributed by atoms with van der Waals surface area (Å²) < 4.78 is 10.9. The van der Waals surface area contributed by atoms with Crippen LogP contribution in [0.2, 0.25) is 0 Å². The number of ether oxygens (including phenoxy) is 2. The second-order valence-electron chi connectivity index (χ2n) is 4.26. The van der Waals surface area contributed by atoms with Crippen molar-refractivity contribution in [3.05, 3.63) is 29.3 Å². The molecular weight excluding hydrogens is 204 g/mol. The van der Waals surface area contributed by atoms with Gasteiger partial charge in [-0.2, -0.15) is 0 Å². The van der Waals surface area contributed by atoms with Gasteiger partial charge in [-0.25, -0.2) is 0 Å². The van der Waals surface area contributed by atoms with Gasteiger partial charge in [0, 0.05) is 12.7 Å². The van der Waals surface area contributed by atoms with Crippen molar-refractivity contribution in [1.29, 1.82) is 0 Å². The first-order valence-corrected chi connectivity index (χ1v) is 5.68. The molecule has 1 aromatic carbocycles. The van der Waals surface area contributed by atoms with Crippen molar-refractivity contribution in [2.45, 2.75) is 32.0 Å². The highest BCUT2D eigenvalue weighted by Crippen LogP contribution is 2.36. The molecule has 1 aromatic rings. The summed E-state index contributed by atoms with van der Waals surface area (Å²) in [6.07, 6.45) is 1.41. The van der Waals surface area contributed by atoms with Crippen molar-refractivity contribution in [3.63, 3.8) is 0 Å². The molecule has 0 amide bonds. The molecule has 2 atom stereocenters. The van der Waals surface area contributed by atoms with Gasteiger partial charge in [0.15, 0.2) is 0 Å². The largest absolute Gasteiger partial charge is 0.488 e. The fraction of sp³-hybridized carbons (Fsp3) is 0.538. The van der Waals surface area contributed by atoms with Crippen molar-refractivity contribution in [2.24, 2.45) is 0 Å². The van der Waals surface area contributed by atoms with Crippen LogP contribution < -0.4 is 4.74 Å². The van der Waals surface area contributed by atoms with Crippen molar-refractivity contribution < 1.29 is 14.6 Å². The van der Waals surface area contributed by atoms with Crippen LogP contribution in [0.15, 0.2) is 18.2 Å². The zero-order valence-electron chi connectivity index (χ0n) is 9.77. The van der Waals surface area contributed by atoms with Crippen LogP contribution in [0.5, 0.6) is 5.75 Å². The minimum absolute atomic E-state index is 0.0363. The molecule has 3 nitrogen and oxygen atoms in total. The zero-order valence-corrected chi connectivity index (χ0v) is 9.77. The summed E-state index contributed by atoms with van der Waals surface area (Å²) in [5.74, 6) is 0.888. The second kappa shape index (κ2) is 4.85. The number of rotatable bonds is 4. The molecule has 0 spiro atoms. The van der Waals surface area contributed by atoms with Gasteiger partial charge in [0.2, 0.25) is 0 Å². The lowest BCUT2D eigenvalue weighted by Crippen LogP contribution is -2.18. The fourth-order valence-electron chi connectivity index (χ4n) is 2.19. The van der Waals surface area contributed by atoms with Crippen LogP contribution in [0, 0.1) is 0 Å². The lowest BCUT2D eigenvalue weighted by atomic mass is 10.1. The normalized spacial score (nSPS) is 20.6. The van der Waals surface area contributed by atoms with Crippen LogP contribution >= 0.6 is 0 Å². The van der Waals surface area contributed by atoms with Crippen LogP contribution in [0.25, 0.3) is 0 Å². The Hall–Kier alpha value is -1.06. The van der Waals surface area contributed by atoms with Gasteiger partial charge in [-0.1, -0.05) is 12.1 Å². The van der Waals surface area contributed by atoms with Crippen molar-refractivity contribution in [2.75, 3.05) is 13.7 Å². The number of fused-ring (bicyclic) bond motifs is 1. The van der Waals surface area contributed by atoms with Crippen LogP contribution in [0.4, 0.5) is 0 Å². The summed E-state index contributed by atoms with van der Waals surface area (Å²) in [7, 11) is 1.67. The van der Waals surface area contributed by atoms with Gasteiger partial charge in [-0.3, -0.25) is 0 Å². The smallest absolute Gasteiger partial charge is 0.123 e. The van der Waals surface area contributed by atoms with Crippen molar-refractivity contribution >= 4 is 0 Å². The van der Waals surface area contributed by atoms with Crippen molar-refractivity contribution in [3.8, 4) is 5.75 Å². The number of aliphatic hydroxyl groups is 1. The van der Waals surface area contributed by atoms with E-state index in [2.05, 4.69) is 0 Å². The van der Waals surface area contributed by atoms with E-state index in [1.165, 1.54) is 0 Å². The molecule has 3 heteroatoms. The third kappa shape index (κ3) is 2.20. The van der Waals surface area contributed by atoms with Crippen LogP contribution in [-0.2, 0) is 11.2 Å². The van der Waals surface area contributed by atoms with E-state index < -0.39 is 0 Å². The van der Waals surface area contributed by atoms with Gasteiger partial charge in [-0.15, -0.1) is 0 Å². The van der Waals surface area contributed by atoms with E-state index in [0.29, 0.717) is 6.61 Å². The first-order valence-electron chi connectivity index (χ1n) is 5.68. The fourth-order valence-corrected chi connectivity index (χ4v) is 2.19. The molecule has 2 unspecified atom stereocenters. The van der Waals surface area contributed by atoms with E-state index in [9.17, 15) is 5.11 Å². The molecule has 0 heterocycles. The minimum Gasteiger partial charge on any atom is -0.488 e. The molecule has 2 rings (SSSR count). The molecule has 0 bridgehead atoms.